The molecule has 0 aromatic heterocycles. The summed E-state index contributed by atoms with van der Waals surface area (Å²) in [6.07, 6.45) is 0.927. The van der Waals surface area contributed by atoms with Crippen molar-refractivity contribution in [2.24, 2.45) is 11.3 Å². The van der Waals surface area contributed by atoms with Crippen molar-refractivity contribution < 1.29 is 53.4 Å². The van der Waals surface area contributed by atoms with Gasteiger partial charge in [0.1, 0.15) is 45.7 Å². The van der Waals surface area contributed by atoms with Gasteiger partial charge in [-0.1, -0.05) is 34.9 Å². The van der Waals surface area contributed by atoms with Crippen LogP contribution in [0.4, 0.5) is 0 Å². The minimum atomic E-state index is -2.70. The standard InChI is InChI=1S/C33H35ClO11/c1-14(2)7-8-32-26(37)18(12-20(36)28(32)44-32)17-9-16(4)13-31(30(40)42-6)23(17)25(41-5)24(34)27(38)33(31)43-21-11-15(3)10-19(35)22(21)29(39)45-33/h7,9-11,20,23,26,28,35-37H,8,12-13H2,1-6H3/b18-17+/t20-,23-,26+,28-,31-,32+,33-/m0/s1. The van der Waals surface area contributed by atoms with E-state index in [0.29, 0.717) is 28.7 Å². The van der Waals surface area contributed by atoms with Gasteiger partial charge in [0.05, 0.1) is 26.2 Å². The Hall–Kier alpha value is -3.64. The third-order valence-corrected chi connectivity index (χ3v) is 9.92. The summed E-state index contributed by atoms with van der Waals surface area (Å²) in [4.78, 5) is 42.3. The maximum atomic E-state index is 14.3. The van der Waals surface area contributed by atoms with Crippen molar-refractivity contribution >= 4 is 29.3 Å². The van der Waals surface area contributed by atoms with Gasteiger partial charge in [-0.15, -0.1) is 0 Å². The van der Waals surface area contributed by atoms with Gasteiger partial charge in [0, 0.05) is 12.8 Å². The maximum absolute atomic E-state index is 14.3. The van der Waals surface area contributed by atoms with Gasteiger partial charge < -0.3 is 39.0 Å². The van der Waals surface area contributed by atoms with Crippen molar-refractivity contribution in [1.82, 2.24) is 0 Å². The second kappa shape index (κ2) is 10.4. The molecule has 1 aromatic rings. The molecule has 1 saturated heterocycles. The van der Waals surface area contributed by atoms with Gasteiger partial charge in [0.2, 0.25) is 0 Å². The van der Waals surface area contributed by atoms with Crippen molar-refractivity contribution in [1.29, 1.82) is 0 Å². The normalized spacial score (nSPS) is 36.6. The van der Waals surface area contributed by atoms with Crippen LogP contribution in [-0.4, -0.2) is 77.0 Å². The number of hydrogen-bond donors (Lipinski definition) is 3. The molecule has 45 heavy (non-hydrogen) atoms. The number of rotatable bonds is 4. The Morgan fingerprint density at radius 2 is 1.87 bits per heavy atom. The fourth-order valence-corrected chi connectivity index (χ4v) is 7.90. The highest BCUT2D eigenvalue weighted by Gasteiger charge is 2.78. The summed E-state index contributed by atoms with van der Waals surface area (Å²) in [5.41, 5.74) is -0.874. The van der Waals surface area contributed by atoms with Gasteiger partial charge in [-0.25, -0.2) is 4.79 Å². The lowest BCUT2D eigenvalue weighted by Gasteiger charge is -2.55. The van der Waals surface area contributed by atoms with Gasteiger partial charge in [-0.05, 0) is 63.0 Å². The van der Waals surface area contributed by atoms with Crippen LogP contribution in [0.2, 0.25) is 0 Å². The molecular formula is C33H35ClO11. The lowest BCUT2D eigenvalue weighted by Crippen LogP contribution is -2.71. The number of carbonyl (C=O) groups excluding carboxylic acids is 3. The highest BCUT2D eigenvalue weighted by molar-refractivity contribution is 6.44. The second-order valence-corrected chi connectivity index (χ2v) is 13.1. The molecule has 3 aliphatic carbocycles. The van der Waals surface area contributed by atoms with E-state index >= 15 is 0 Å². The third kappa shape index (κ3) is 4.17. The quantitative estimate of drug-likeness (QED) is 0.250. The van der Waals surface area contributed by atoms with E-state index in [9.17, 15) is 29.7 Å². The molecule has 3 N–H and O–H groups in total. The van der Waals surface area contributed by atoms with Crippen LogP contribution in [0.25, 0.3) is 0 Å². The fraction of sp³-hybridized carbons (Fsp3) is 0.485. The van der Waals surface area contributed by atoms with Gasteiger partial charge in [0.15, 0.2) is 5.41 Å². The Morgan fingerprint density at radius 1 is 1.16 bits per heavy atom. The molecule has 2 heterocycles. The molecule has 6 rings (SSSR count). The number of phenolic OH excluding ortho intramolecular Hbond substituents is 1. The summed E-state index contributed by atoms with van der Waals surface area (Å²) in [5, 5.41) is 33.2. The number of aliphatic hydroxyl groups excluding tert-OH is 2. The van der Waals surface area contributed by atoms with Crippen LogP contribution in [-0.2, 0) is 28.5 Å². The number of esters is 2. The first-order valence-electron chi connectivity index (χ1n) is 14.6. The molecule has 1 spiro atoms. The van der Waals surface area contributed by atoms with E-state index in [1.54, 1.807) is 19.9 Å². The number of halogens is 1. The summed E-state index contributed by atoms with van der Waals surface area (Å²) in [7, 11) is 2.41. The number of methoxy groups -OCH3 is 2. The number of phenols is 1. The van der Waals surface area contributed by atoms with Gasteiger partial charge >= 0.3 is 17.7 Å². The number of fused-ring (bicyclic) bond motifs is 4. The molecule has 2 fully saturated rings. The lowest BCUT2D eigenvalue weighted by molar-refractivity contribution is -0.240. The van der Waals surface area contributed by atoms with E-state index in [2.05, 4.69) is 0 Å². The average Bonchev–Trinajstić information content (AvgIpc) is 3.73. The van der Waals surface area contributed by atoms with Crippen LogP contribution in [0.3, 0.4) is 0 Å². The fourth-order valence-electron chi connectivity index (χ4n) is 7.59. The summed E-state index contributed by atoms with van der Waals surface area (Å²) < 4.78 is 29.2. The lowest BCUT2D eigenvalue weighted by atomic mass is 9.54. The minimum Gasteiger partial charge on any atom is -0.507 e. The van der Waals surface area contributed by atoms with Gasteiger partial charge in [0.25, 0.3) is 5.78 Å². The molecule has 0 radical (unpaired) electrons. The number of carbonyl (C=O) groups is 3. The molecule has 0 amide bonds. The van der Waals surface area contributed by atoms with E-state index in [1.165, 1.54) is 19.2 Å². The topological polar surface area (TPSA) is 161 Å². The van der Waals surface area contributed by atoms with Crippen LogP contribution in [0, 0.1) is 18.3 Å². The van der Waals surface area contributed by atoms with Crippen molar-refractivity contribution in [3.05, 3.63) is 68.5 Å². The van der Waals surface area contributed by atoms with Gasteiger partial charge in [-0.3, -0.25) is 9.59 Å². The first kappa shape index (κ1) is 31.3. The molecule has 1 aromatic carbocycles. The largest absolute Gasteiger partial charge is 0.507 e. The predicted octanol–water partition coefficient (Wildman–Crippen LogP) is 3.67. The van der Waals surface area contributed by atoms with Crippen molar-refractivity contribution in [3.63, 3.8) is 0 Å². The maximum Gasteiger partial charge on any atom is 0.349 e. The van der Waals surface area contributed by atoms with Crippen molar-refractivity contribution in [3.8, 4) is 11.5 Å². The molecule has 7 atom stereocenters. The molecule has 240 valence electrons. The highest BCUT2D eigenvalue weighted by atomic mass is 35.5. The zero-order valence-corrected chi connectivity index (χ0v) is 26.5. The van der Waals surface area contributed by atoms with E-state index in [1.807, 2.05) is 19.9 Å². The van der Waals surface area contributed by atoms with Crippen LogP contribution < -0.4 is 4.74 Å². The number of aryl methyl sites for hydroxylation is 1. The number of hydrogen-bond acceptors (Lipinski definition) is 11. The molecule has 11 nitrogen and oxygen atoms in total. The Labute approximate surface area is 264 Å². The van der Waals surface area contributed by atoms with E-state index in [-0.39, 0.29) is 29.9 Å². The molecule has 5 aliphatic rings. The number of benzene rings is 1. The Morgan fingerprint density at radius 3 is 2.51 bits per heavy atom. The summed E-state index contributed by atoms with van der Waals surface area (Å²) >= 11 is 6.72. The molecule has 2 aliphatic heterocycles. The van der Waals surface area contributed by atoms with E-state index in [0.717, 1.165) is 12.7 Å². The van der Waals surface area contributed by atoms with Gasteiger partial charge in [-0.2, -0.15) is 0 Å². The molecule has 1 saturated carbocycles. The van der Waals surface area contributed by atoms with E-state index in [4.69, 9.17) is 35.3 Å². The number of ether oxygens (including phenoxy) is 5. The molecular weight excluding hydrogens is 608 g/mol. The Balaban J connectivity index is 1.65. The zero-order chi connectivity index (χ0) is 32.8. The summed E-state index contributed by atoms with van der Waals surface area (Å²) in [5.74, 6) is -7.87. The van der Waals surface area contributed by atoms with Crippen molar-refractivity contribution in [2.75, 3.05) is 14.2 Å². The van der Waals surface area contributed by atoms with Crippen molar-refractivity contribution in [2.45, 2.75) is 76.7 Å². The smallest absolute Gasteiger partial charge is 0.349 e. The number of aromatic hydroxyl groups is 1. The summed E-state index contributed by atoms with van der Waals surface area (Å²) in [6.45, 7) is 7.19. The Bertz CT molecular complexity index is 1670. The number of Topliss-reactive ketones (excluding diaryl/α,β-unsaturated/α-hetero) is 1. The monoisotopic (exact) mass is 642 g/mol. The number of epoxide rings is 1. The number of allylic oxidation sites excluding steroid dienone is 4. The first-order valence-corrected chi connectivity index (χ1v) is 15.0. The average molecular weight is 643 g/mol. The molecule has 0 unspecified atom stereocenters. The van der Waals surface area contributed by atoms with E-state index < -0.39 is 69.5 Å². The SMILES string of the molecule is COC(=O)[C@]12CC(C)=C/C(=C3/C[C@H](O)[C@@H]4O[C@]4(CC=C(C)C)[C@@H]3O)[C@H]1C(OC)=C(Cl)C(=O)[C@]21OC(=O)c2c(O)cc(C)cc2O1. The summed E-state index contributed by atoms with van der Waals surface area (Å²) in [6, 6.07) is 2.78. The van der Waals surface area contributed by atoms with Crippen LogP contribution in [0.5, 0.6) is 11.5 Å². The second-order valence-electron chi connectivity index (χ2n) is 12.7. The molecule has 12 heteroatoms. The van der Waals surface area contributed by atoms with Crippen LogP contribution in [0.15, 0.2) is 57.4 Å². The van der Waals surface area contributed by atoms with Crippen LogP contribution >= 0.6 is 11.6 Å². The van der Waals surface area contributed by atoms with Crippen LogP contribution in [0.1, 0.15) is 56.0 Å². The minimum absolute atomic E-state index is 0.0264. The molecule has 0 bridgehead atoms. The number of ketones is 1. The Kier molecular flexibility index (Phi) is 7.28. The highest BCUT2D eigenvalue weighted by Crippen LogP contribution is 2.64. The first-order chi connectivity index (χ1) is 21.2. The predicted molar refractivity (Wildman–Crippen MR) is 158 cm³/mol. The zero-order valence-electron chi connectivity index (χ0n) is 25.7. The number of aliphatic hydroxyl groups is 2. The third-order valence-electron chi connectivity index (χ3n) is 9.56.